The molecule has 12 heavy (non-hydrogen) atoms. The molecule has 3 N–H and O–H groups in total. The highest BCUT2D eigenvalue weighted by Crippen LogP contribution is 2.17. The van der Waals surface area contributed by atoms with Gasteiger partial charge >= 0.3 is 0 Å². The molecule has 0 aliphatic heterocycles. The van der Waals surface area contributed by atoms with Crippen molar-refractivity contribution < 1.29 is 4.79 Å². The molecule has 1 aromatic carbocycles. The van der Waals surface area contributed by atoms with Gasteiger partial charge < -0.3 is 11.1 Å². The number of rotatable bonds is 1. The molecular formula is C8H9BrN2O. The molecule has 0 aliphatic rings. The van der Waals surface area contributed by atoms with Gasteiger partial charge in [0, 0.05) is 17.2 Å². The van der Waals surface area contributed by atoms with Gasteiger partial charge in [0.05, 0.1) is 5.56 Å². The summed E-state index contributed by atoms with van der Waals surface area (Å²) < 4.78 is 0.843. The lowest BCUT2D eigenvalue weighted by atomic mass is 10.2. The zero-order valence-corrected chi connectivity index (χ0v) is 8.18. The Labute approximate surface area is 79.1 Å². The number of carbonyl (C=O) groups is 1. The van der Waals surface area contributed by atoms with Crippen LogP contribution in [0.25, 0.3) is 0 Å². The lowest BCUT2D eigenvalue weighted by molar-refractivity contribution is 0.0964. The van der Waals surface area contributed by atoms with Crippen LogP contribution in [0.15, 0.2) is 22.7 Å². The molecule has 0 aromatic heterocycles. The van der Waals surface area contributed by atoms with Crippen molar-refractivity contribution >= 4 is 27.5 Å². The molecule has 1 rings (SSSR count). The molecule has 0 aliphatic carbocycles. The van der Waals surface area contributed by atoms with E-state index in [4.69, 9.17) is 5.73 Å². The van der Waals surface area contributed by atoms with Crippen LogP contribution < -0.4 is 11.1 Å². The number of anilines is 1. The topological polar surface area (TPSA) is 55.1 Å². The number of hydrogen-bond acceptors (Lipinski definition) is 2. The van der Waals surface area contributed by atoms with E-state index in [0.717, 1.165) is 4.47 Å². The minimum atomic E-state index is -0.172. The monoisotopic (exact) mass is 228 g/mol. The number of nitrogens with one attached hydrogen (secondary N) is 1. The van der Waals surface area contributed by atoms with Crippen molar-refractivity contribution in [3.63, 3.8) is 0 Å². The number of halogens is 1. The van der Waals surface area contributed by atoms with E-state index in [1.54, 1.807) is 25.2 Å². The van der Waals surface area contributed by atoms with Crippen molar-refractivity contribution in [2.45, 2.75) is 0 Å². The first-order valence-corrected chi connectivity index (χ1v) is 4.21. The molecule has 3 nitrogen and oxygen atoms in total. The van der Waals surface area contributed by atoms with Gasteiger partial charge in [0.15, 0.2) is 0 Å². The van der Waals surface area contributed by atoms with Crippen LogP contribution in [0.1, 0.15) is 10.4 Å². The second-order valence-corrected chi connectivity index (χ2v) is 3.23. The number of nitrogens with two attached hydrogens (primary N) is 1. The van der Waals surface area contributed by atoms with Gasteiger partial charge in [-0.2, -0.15) is 0 Å². The average Bonchev–Trinajstić information content (AvgIpc) is 2.08. The van der Waals surface area contributed by atoms with Gasteiger partial charge in [-0.05, 0) is 18.2 Å². The summed E-state index contributed by atoms with van der Waals surface area (Å²) in [5, 5.41) is 2.51. The second kappa shape index (κ2) is 3.58. The van der Waals surface area contributed by atoms with Gasteiger partial charge in [-0.3, -0.25) is 4.79 Å². The standard InChI is InChI=1S/C8H9BrN2O/c1-11-8(12)6-4-5(9)2-3-7(6)10/h2-4H,10H2,1H3,(H,11,12). The first-order chi connectivity index (χ1) is 5.65. The van der Waals surface area contributed by atoms with Crippen LogP contribution in [0, 0.1) is 0 Å². The SMILES string of the molecule is CNC(=O)c1cc(Br)ccc1N. The molecule has 0 heterocycles. The maximum Gasteiger partial charge on any atom is 0.253 e. The molecule has 0 radical (unpaired) electrons. The molecule has 0 fully saturated rings. The zero-order chi connectivity index (χ0) is 9.14. The van der Waals surface area contributed by atoms with Crippen molar-refractivity contribution in [1.82, 2.24) is 5.32 Å². The molecule has 1 amide bonds. The van der Waals surface area contributed by atoms with Crippen LogP contribution in [-0.2, 0) is 0 Å². The Hall–Kier alpha value is -1.03. The molecule has 0 atom stereocenters. The Morgan fingerprint density at radius 1 is 1.58 bits per heavy atom. The normalized spacial score (nSPS) is 9.50. The Morgan fingerprint density at radius 2 is 2.25 bits per heavy atom. The molecule has 64 valence electrons. The molecule has 0 unspecified atom stereocenters. The summed E-state index contributed by atoms with van der Waals surface area (Å²) in [5.74, 6) is -0.172. The van der Waals surface area contributed by atoms with Crippen LogP contribution in [0.5, 0.6) is 0 Å². The second-order valence-electron chi connectivity index (χ2n) is 2.31. The van der Waals surface area contributed by atoms with Crippen LogP contribution in [-0.4, -0.2) is 13.0 Å². The maximum atomic E-state index is 11.2. The summed E-state index contributed by atoms with van der Waals surface area (Å²) in [6, 6.07) is 5.17. The van der Waals surface area contributed by atoms with Gasteiger partial charge in [-0.15, -0.1) is 0 Å². The quantitative estimate of drug-likeness (QED) is 0.715. The van der Waals surface area contributed by atoms with E-state index in [1.165, 1.54) is 0 Å². The minimum absolute atomic E-state index is 0.172. The zero-order valence-electron chi connectivity index (χ0n) is 6.60. The first kappa shape index (κ1) is 9.06. The third-order valence-corrected chi connectivity index (χ3v) is 1.98. The van der Waals surface area contributed by atoms with Crippen molar-refractivity contribution in [3.8, 4) is 0 Å². The number of carbonyl (C=O) groups excluding carboxylic acids is 1. The predicted octanol–water partition coefficient (Wildman–Crippen LogP) is 1.39. The van der Waals surface area contributed by atoms with E-state index in [2.05, 4.69) is 21.2 Å². The fraction of sp³-hybridized carbons (Fsp3) is 0.125. The van der Waals surface area contributed by atoms with Gasteiger partial charge in [-0.25, -0.2) is 0 Å². The molecule has 0 spiro atoms. The molecule has 1 aromatic rings. The van der Waals surface area contributed by atoms with E-state index in [-0.39, 0.29) is 5.91 Å². The summed E-state index contributed by atoms with van der Waals surface area (Å²) in [7, 11) is 1.57. The number of benzene rings is 1. The summed E-state index contributed by atoms with van der Waals surface area (Å²) in [6.07, 6.45) is 0. The molecule has 4 heteroatoms. The van der Waals surface area contributed by atoms with E-state index >= 15 is 0 Å². The number of nitrogen functional groups attached to an aromatic ring is 1. The Balaban J connectivity index is 3.13. The summed E-state index contributed by atoms with van der Waals surface area (Å²) in [4.78, 5) is 11.2. The molecular weight excluding hydrogens is 220 g/mol. The number of hydrogen-bond donors (Lipinski definition) is 2. The predicted molar refractivity (Wildman–Crippen MR) is 51.9 cm³/mol. The van der Waals surface area contributed by atoms with Gasteiger partial charge in [0.2, 0.25) is 0 Å². The molecule has 0 saturated carbocycles. The Bertz CT molecular complexity index is 312. The highest BCUT2D eigenvalue weighted by atomic mass is 79.9. The van der Waals surface area contributed by atoms with E-state index in [1.807, 2.05) is 0 Å². The summed E-state index contributed by atoms with van der Waals surface area (Å²) >= 11 is 3.26. The average molecular weight is 229 g/mol. The van der Waals surface area contributed by atoms with Crippen molar-refractivity contribution in [1.29, 1.82) is 0 Å². The van der Waals surface area contributed by atoms with Crippen molar-refractivity contribution in [2.24, 2.45) is 0 Å². The smallest absolute Gasteiger partial charge is 0.253 e. The molecule has 0 saturated heterocycles. The highest BCUT2D eigenvalue weighted by molar-refractivity contribution is 9.10. The van der Waals surface area contributed by atoms with E-state index in [9.17, 15) is 4.79 Å². The van der Waals surface area contributed by atoms with E-state index < -0.39 is 0 Å². The first-order valence-electron chi connectivity index (χ1n) is 3.42. The maximum absolute atomic E-state index is 11.2. The van der Waals surface area contributed by atoms with Gasteiger partial charge in [0.1, 0.15) is 0 Å². The summed E-state index contributed by atoms with van der Waals surface area (Å²) in [6.45, 7) is 0. The largest absolute Gasteiger partial charge is 0.398 e. The van der Waals surface area contributed by atoms with Crippen molar-refractivity contribution in [2.75, 3.05) is 12.8 Å². The van der Waals surface area contributed by atoms with Crippen LogP contribution in [0.3, 0.4) is 0 Å². The molecule has 0 bridgehead atoms. The highest BCUT2D eigenvalue weighted by Gasteiger charge is 2.06. The lowest BCUT2D eigenvalue weighted by Crippen LogP contribution is -2.19. The third kappa shape index (κ3) is 1.76. The fourth-order valence-electron chi connectivity index (χ4n) is 0.860. The van der Waals surface area contributed by atoms with Crippen molar-refractivity contribution in [3.05, 3.63) is 28.2 Å². The third-order valence-electron chi connectivity index (χ3n) is 1.49. The van der Waals surface area contributed by atoms with Crippen LogP contribution >= 0.6 is 15.9 Å². The fourth-order valence-corrected chi connectivity index (χ4v) is 1.22. The summed E-state index contributed by atoms with van der Waals surface area (Å²) in [5.41, 5.74) is 6.56. The van der Waals surface area contributed by atoms with Crippen LogP contribution in [0.4, 0.5) is 5.69 Å². The van der Waals surface area contributed by atoms with Gasteiger partial charge in [-0.1, -0.05) is 15.9 Å². The van der Waals surface area contributed by atoms with Gasteiger partial charge in [0.25, 0.3) is 5.91 Å². The Kier molecular flexibility index (Phi) is 2.70. The number of amides is 1. The minimum Gasteiger partial charge on any atom is -0.398 e. The van der Waals surface area contributed by atoms with Crippen LogP contribution in [0.2, 0.25) is 0 Å². The Morgan fingerprint density at radius 3 is 2.83 bits per heavy atom. The lowest BCUT2D eigenvalue weighted by Gasteiger charge is -2.03. The van der Waals surface area contributed by atoms with E-state index in [0.29, 0.717) is 11.3 Å².